The van der Waals surface area contributed by atoms with Gasteiger partial charge in [-0.05, 0) is 61.6 Å². The zero-order valence-electron chi connectivity index (χ0n) is 17.9. The van der Waals surface area contributed by atoms with Crippen molar-refractivity contribution >= 4 is 23.2 Å². The molecule has 1 aliphatic heterocycles. The van der Waals surface area contributed by atoms with Crippen LogP contribution in [0.1, 0.15) is 63.2 Å². The van der Waals surface area contributed by atoms with Crippen molar-refractivity contribution in [2.45, 2.75) is 59.0 Å². The summed E-state index contributed by atoms with van der Waals surface area (Å²) >= 11 is 0. The number of hydrogen-bond donors (Lipinski definition) is 2. The Labute approximate surface area is 174 Å². The highest BCUT2D eigenvalue weighted by Crippen LogP contribution is 2.35. The lowest BCUT2D eigenvalue weighted by atomic mass is 9.75. The molecule has 6 nitrogen and oxygen atoms in total. The number of nitrogens with two attached hydrogens (primary N) is 1. The largest absolute Gasteiger partial charge is 0.370 e. The molecule has 2 fully saturated rings. The maximum atomic E-state index is 12.7. The molecule has 1 aromatic rings. The Kier molecular flexibility index (Phi) is 7.17. The molecule has 0 bridgehead atoms. The highest BCUT2D eigenvalue weighted by Gasteiger charge is 2.31. The van der Waals surface area contributed by atoms with Gasteiger partial charge in [-0.15, -0.1) is 0 Å². The topological polar surface area (TPSA) is 84.7 Å². The zero-order valence-corrected chi connectivity index (χ0v) is 17.9. The third-order valence-electron chi connectivity index (χ3n) is 6.39. The quantitative estimate of drug-likeness (QED) is 0.728. The fourth-order valence-corrected chi connectivity index (χ4v) is 4.70. The summed E-state index contributed by atoms with van der Waals surface area (Å²) in [6.45, 7) is 8.64. The average molecular weight is 402 g/mol. The van der Waals surface area contributed by atoms with Gasteiger partial charge in [0.2, 0.25) is 11.8 Å². The number of ether oxygens (including phenoxy) is 1. The van der Waals surface area contributed by atoms with Crippen LogP contribution in [0.4, 0.5) is 11.4 Å². The van der Waals surface area contributed by atoms with Gasteiger partial charge < -0.3 is 20.7 Å². The van der Waals surface area contributed by atoms with Crippen LogP contribution >= 0.6 is 0 Å². The number of amides is 2. The van der Waals surface area contributed by atoms with Gasteiger partial charge in [0, 0.05) is 18.7 Å². The first-order valence-corrected chi connectivity index (χ1v) is 11.0. The van der Waals surface area contributed by atoms with Crippen molar-refractivity contribution in [2.24, 2.45) is 23.5 Å². The predicted octanol–water partition coefficient (Wildman–Crippen LogP) is 3.80. The Bertz CT molecular complexity index is 728. The third kappa shape index (κ3) is 5.50. The summed E-state index contributed by atoms with van der Waals surface area (Å²) in [6.07, 6.45) is 5.78. The number of anilines is 2. The number of benzene rings is 1. The molecule has 1 saturated heterocycles. The maximum absolute atomic E-state index is 12.7. The van der Waals surface area contributed by atoms with Crippen LogP contribution in [0, 0.1) is 17.8 Å². The number of rotatable bonds is 7. The molecular formula is C23H35N3O3. The highest BCUT2D eigenvalue weighted by atomic mass is 16.5. The number of primary amides is 1. The van der Waals surface area contributed by atoms with Crippen LogP contribution < -0.4 is 16.0 Å². The Balaban J connectivity index is 1.67. The van der Waals surface area contributed by atoms with E-state index in [9.17, 15) is 9.59 Å². The lowest BCUT2D eigenvalue weighted by Gasteiger charge is -2.37. The van der Waals surface area contributed by atoms with E-state index in [0.29, 0.717) is 29.0 Å². The van der Waals surface area contributed by atoms with Crippen LogP contribution in [0.5, 0.6) is 0 Å². The van der Waals surface area contributed by atoms with Gasteiger partial charge in [0.15, 0.2) is 0 Å². The summed E-state index contributed by atoms with van der Waals surface area (Å²) in [5.41, 5.74) is 7.40. The normalized spacial score (nSPS) is 24.7. The van der Waals surface area contributed by atoms with Crippen LogP contribution in [0.2, 0.25) is 0 Å². The van der Waals surface area contributed by atoms with Gasteiger partial charge in [-0.2, -0.15) is 0 Å². The first kappa shape index (κ1) is 21.6. The molecule has 3 atom stereocenters. The number of nitrogens with one attached hydrogen (secondary N) is 1. The Hall–Kier alpha value is -2.08. The summed E-state index contributed by atoms with van der Waals surface area (Å²) in [4.78, 5) is 26.5. The van der Waals surface area contributed by atoms with Crippen molar-refractivity contribution in [1.82, 2.24) is 0 Å². The minimum absolute atomic E-state index is 0.0286. The summed E-state index contributed by atoms with van der Waals surface area (Å²) in [7, 11) is 0. The molecule has 6 heteroatoms. The molecule has 29 heavy (non-hydrogen) atoms. The maximum Gasteiger partial charge on any atom is 0.250 e. The second kappa shape index (κ2) is 9.61. The van der Waals surface area contributed by atoms with Crippen LogP contribution in [-0.2, 0) is 9.53 Å². The van der Waals surface area contributed by atoms with E-state index < -0.39 is 5.91 Å². The van der Waals surface area contributed by atoms with Crippen LogP contribution in [0.25, 0.3) is 0 Å². The highest BCUT2D eigenvalue weighted by molar-refractivity contribution is 5.99. The van der Waals surface area contributed by atoms with E-state index in [1.807, 2.05) is 6.07 Å². The van der Waals surface area contributed by atoms with Gasteiger partial charge >= 0.3 is 0 Å². The Morgan fingerprint density at radius 2 is 1.97 bits per heavy atom. The summed E-state index contributed by atoms with van der Waals surface area (Å²) in [5.74, 6) is 0.988. The van der Waals surface area contributed by atoms with Crippen molar-refractivity contribution in [3.05, 3.63) is 23.8 Å². The minimum atomic E-state index is -0.499. The van der Waals surface area contributed by atoms with E-state index in [4.69, 9.17) is 10.5 Å². The molecule has 1 heterocycles. The molecule has 2 aliphatic rings. The minimum Gasteiger partial charge on any atom is -0.370 e. The molecule has 3 N–H and O–H groups in total. The fourth-order valence-electron chi connectivity index (χ4n) is 4.70. The molecule has 1 aromatic carbocycles. The van der Waals surface area contributed by atoms with Gasteiger partial charge in [0.25, 0.3) is 0 Å². The lowest BCUT2D eigenvalue weighted by Crippen LogP contribution is -2.36. The number of carbonyl (C=O) groups is 2. The first-order valence-electron chi connectivity index (χ1n) is 11.0. The molecule has 0 unspecified atom stereocenters. The molecule has 1 saturated carbocycles. The van der Waals surface area contributed by atoms with Crippen LogP contribution in [0.3, 0.4) is 0 Å². The van der Waals surface area contributed by atoms with E-state index in [0.717, 1.165) is 44.5 Å². The molecule has 3 rings (SSSR count). The fraction of sp³-hybridized carbons (Fsp3) is 0.652. The molecule has 0 aromatic heterocycles. The number of hydrogen-bond acceptors (Lipinski definition) is 4. The predicted molar refractivity (Wildman–Crippen MR) is 116 cm³/mol. The molecule has 2 amide bonds. The van der Waals surface area contributed by atoms with Gasteiger partial charge in [-0.25, -0.2) is 0 Å². The SMILES string of the molecule is CC(C)[C@@H]1CC[C@@H](C)C[C@H]1OCC(=O)Nc1cc(C(N)=O)ccc1N1CCCC1. The van der Waals surface area contributed by atoms with Crippen molar-refractivity contribution in [2.75, 3.05) is 29.9 Å². The summed E-state index contributed by atoms with van der Waals surface area (Å²) < 4.78 is 6.09. The van der Waals surface area contributed by atoms with E-state index >= 15 is 0 Å². The Morgan fingerprint density at radius 1 is 1.24 bits per heavy atom. The Morgan fingerprint density at radius 3 is 2.62 bits per heavy atom. The van der Waals surface area contributed by atoms with Gasteiger partial charge in [0.1, 0.15) is 6.61 Å². The van der Waals surface area contributed by atoms with Gasteiger partial charge in [0.05, 0.1) is 17.5 Å². The lowest BCUT2D eigenvalue weighted by molar-refractivity contribution is -0.126. The van der Waals surface area contributed by atoms with Crippen molar-refractivity contribution < 1.29 is 14.3 Å². The zero-order chi connectivity index (χ0) is 21.0. The van der Waals surface area contributed by atoms with Gasteiger partial charge in [-0.1, -0.05) is 27.2 Å². The van der Waals surface area contributed by atoms with Crippen LogP contribution in [0.15, 0.2) is 18.2 Å². The molecule has 160 valence electrons. The van der Waals surface area contributed by atoms with Gasteiger partial charge in [-0.3, -0.25) is 9.59 Å². The van der Waals surface area contributed by atoms with E-state index in [1.54, 1.807) is 12.1 Å². The van der Waals surface area contributed by atoms with E-state index in [1.165, 1.54) is 6.42 Å². The van der Waals surface area contributed by atoms with Crippen molar-refractivity contribution in [3.8, 4) is 0 Å². The second-order valence-electron chi connectivity index (χ2n) is 9.01. The molecule has 1 aliphatic carbocycles. The first-order chi connectivity index (χ1) is 13.8. The van der Waals surface area contributed by atoms with Crippen LogP contribution in [-0.4, -0.2) is 37.6 Å². The standard InChI is InChI=1S/C23H35N3O3/c1-15(2)18-8-6-16(3)12-21(18)29-14-22(27)25-19-13-17(23(24)28)7-9-20(19)26-10-4-5-11-26/h7,9,13,15-16,18,21H,4-6,8,10-12,14H2,1-3H3,(H2,24,28)(H,25,27)/t16-,18+,21-/m1/s1. The number of nitrogens with zero attached hydrogens (tertiary/aromatic N) is 1. The summed E-state index contributed by atoms with van der Waals surface area (Å²) in [5, 5.41) is 2.96. The molecular weight excluding hydrogens is 366 g/mol. The van der Waals surface area contributed by atoms with Crippen molar-refractivity contribution in [1.29, 1.82) is 0 Å². The summed E-state index contributed by atoms with van der Waals surface area (Å²) in [6, 6.07) is 5.27. The molecule has 0 spiro atoms. The van der Waals surface area contributed by atoms with Crippen molar-refractivity contribution in [3.63, 3.8) is 0 Å². The second-order valence-corrected chi connectivity index (χ2v) is 9.01. The monoisotopic (exact) mass is 401 g/mol. The smallest absolute Gasteiger partial charge is 0.250 e. The number of carbonyl (C=O) groups excluding carboxylic acids is 2. The molecule has 0 radical (unpaired) electrons. The van der Waals surface area contributed by atoms with E-state index in [-0.39, 0.29) is 18.6 Å². The van der Waals surface area contributed by atoms with E-state index in [2.05, 4.69) is 31.0 Å². The third-order valence-corrected chi connectivity index (χ3v) is 6.39. The average Bonchev–Trinajstić information content (AvgIpc) is 3.20.